The van der Waals surface area contributed by atoms with Gasteiger partial charge in [-0.1, -0.05) is 12.1 Å². The molecule has 1 aliphatic heterocycles. The lowest BCUT2D eigenvalue weighted by Crippen LogP contribution is -2.44. The Bertz CT molecular complexity index is 1580. The number of ether oxygens (including phenoxy) is 2. The lowest BCUT2D eigenvalue weighted by molar-refractivity contribution is -0.209. The number of halogens is 6. The maximum atomic E-state index is 14.2. The van der Waals surface area contributed by atoms with Crippen LogP contribution in [0.2, 0.25) is 0 Å². The average molecular weight is 644 g/mol. The topological polar surface area (TPSA) is 108 Å². The molecule has 0 aliphatic carbocycles. The van der Waals surface area contributed by atoms with Gasteiger partial charge in [-0.25, -0.2) is 27.3 Å². The third-order valence-electron chi connectivity index (χ3n) is 7.04. The molecule has 1 aliphatic rings. The second-order valence-corrected chi connectivity index (χ2v) is 10.8. The van der Waals surface area contributed by atoms with E-state index in [9.17, 15) is 40.7 Å². The fourth-order valence-electron chi connectivity index (χ4n) is 4.70. The predicted molar refractivity (Wildman–Crippen MR) is 149 cm³/mol. The van der Waals surface area contributed by atoms with Gasteiger partial charge in [-0.05, 0) is 56.2 Å². The summed E-state index contributed by atoms with van der Waals surface area (Å²) in [7, 11) is 1.17. The highest BCUT2D eigenvalue weighted by Gasteiger charge is 2.45. The summed E-state index contributed by atoms with van der Waals surface area (Å²) in [6, 6.07) is 8.92. The van der Waals surface area contributed by atoms with E-state index in [1.165, 1.54) is 33.1 Å². The molecule has 16 heteroatoms. The molecule has 0 saturated carbocycles. The van der Waals surface area contributed by atoms with Gasteiger partial charge in [-0.2, -0.15) is 17.9 Å². The summed E-state index contributed by atoms with van der Waals surface area (Å²) in [5.41, 5.74) is -0.242. The zero-order chi connectivity index (χ0) is 33.1. The van der Waals surface area contributed by atoms with Crippen LogP contribution in [0.15, 0.2) is 47.3 Å². The number of carbonyl (C=O) groups is 2. The highest BCUT2D eigenvalue weighted by atomic mass is 19.4. The summed E-state index contributed by atoms with van der Waals surface area (Å²) in [5.74, 6) is -8.14. The number of esters is 1. The SMILES string of the molecule is COc1cc(-c2nn(-c3ccc(CCN4CCC(F)(F)CC4)cc3)c(=O)n2C(OC(=O)C(F)(F)F)C(=O)NC(C)C)ccc1F. The van der Waals surface area contributed by atoms with Crippen molar-refractivity contribution in [3.05, 3.63) is 64.3 Å². The molecule has 0 radical (unpaired) electrons. The Balaban J connectivity index is 1.74. The van der Waals surface area contributed by atoms with E-state index < -0.39 is 53.6 Å². The van der Waals surface area contributed by atoms with E-state index in [0.717, 1.165) is 28.4 Å². The highest BCUT2D eigenvalue weighted by Crippen LogP contribution is 2.29. The van der Waals surface area contributed by atoms with Gasteiger partial charge in [0.05, 0.1) is 12.8 Å². The van der Waals surface area contributed by atoms with Crippen molar-refractivity contribution in [3.8, 4) is 22.8 Å². The van der Waals surface area contributed by atoms with Crippen molar-refractivity contribution in [3.63, 3.8) is 0 Å². The van der Waals surface area contributed by atoms with Crippen LogP contribution in [0.1, 0.15) is 38.5 Å². The second-order valence-electron chi connectivity index (χ2n) is 10.8. The Morgan fingerprint density at radius 1 is 1.07 bits per heavy atom. The standard InChI is InChI=1S/C29H31F6N5O5/c1-17(2)36-24(41)25(45-26(42)29(33,34)35)39-23(19-6-9-21(30)22(16-19)44-3)37-40(27(39)43)20-7-4-18(5-8-20)10-13-38-14-11-28(31,32)12-15-38/h4-9,16-17,25H,10-15H2,1-3H3,(H,36,41). The Labute approximate surface area is 253 Å². The van der Waals surface area contributed by atoms with Crippen LogP contribution >= 0.6 is 0 Å². The fourth-order valence-corrected chi connectivity index (χ4v) is 4.70. The monoisotopic (exact) mass is 643 g/mol. The van der Waals surface area contributed by atoms with E-state index in [1.807, 2.05) is 4.90 Å². The molecule has 4 rings (SSSR count). The summed E-state index contributed by atoms with van der Waals surface area (Å²) in [6.07, 6.45) is -7.87. The first-order chi connectivity index (χ1) is 21.1. The van der Waals surface area contributed by atoms with Crippen LogP contribution in [0.3, 0.4) is 0 Å². The molecule has 0 bridgehead atoms. The largest absolute Gasteiger partial charge is 0.494 e. The van der Waals surface area contributed by atoms with Crippen LogP contribution in [0.4, 0.5) is 26.3 Å². The summed E-state index contributed by atoms with van der Waals surface area (Å²) in [4.78, 5) is 40.6. The number of rotatable bonds is 10. The minimum Gasteiger partial charge on any atom is -0.494 e. The van der Waals surface area contributed by atoms with Crippen molar-refractivity contribution >= 4 is 11.9 Å². The maximum absolute atomic E-state index is 14.2. The maximum Gasteiger partial charge on any atom is 0.491 e. The first-order valence-electron chi connectivity index (χ1n) is 13.9. The van der Waals surface area contributed by atoms with Crippen LogP contribution in [0, 0.1) is 5.82 Å². The van der Waals surface area contributed by atoms with Crippen LogP contribution in [-0.2, 0) is 20.7 Å². The van der Waals surface area contributed by atoms with Gasteiger partial charge in [0, 0.05) is 44.1 Å². The predicted octanol–water partition coefficient (Wildman–Crippen LogP) is 4.25. The smallest absolute Gasteiger partial charge is 0.491 e. The zero-order valence-corrected chi connectivity index (χ0v) is 24.5. The molecule has 1 N–H and O–H groups in total. The number of likely N-dealkylation sites (tertiary alicyclic amines) is 1. The molecule has 244 valence electrons. The van der Waals surface area contributed by atoms with Crippen LogP contribution in [0.5, 0.6) is 5.75 Å². The molecule has 3 aromatic rings. The lowest BCUT2D eigenvalue weighted by atomic mass is 10.1. The summed E-state index contributed by atoms with van der Waals surface area (Å²) < 4.78 is 91.6. The summed E-state index contributed by atoms with van der Waals surface area (Å²) >= 11 is 0. The molecular weight excluding hydrogens is 612 g/mol. The third-order valence-corrected chi connectivity index (χ3v) is 7.04. The van der Waals surface area contributed by atoms with Gasteiger partial charge in [-0.15, -0.1) is 5.10 Å². The van der Waals surface area contributed by atoms with E-state index in [4.69, 9.17) is 4.74 Å². The van der Waals surface area contributed by atoms with Gasteiger partial charge in [0.1, 0.15) is 0 Å². The number of hydrogen-bond donors (Lipinski definition) is 1. The van der Waals surface area contributed by atoms with Crippen molar-refractivity contribution in [2.75, 3.05) is 26.7 Å². The molecule has 1 amide bonds. The normalized spacial score (nSPS) is 16.0. The van der Waals surface area contributed by atoms with Gasteiger partial charge in [0.2, 0.25) is 0 Å². The molecule has 2 heterocycles. The quantitative estimate of drug-likeness (QED) is 0.260. The Kier molecular flexibility index (Phi) is 9.95. The minimum atomic E-state index is -5.50. The van der Waals surface area contributed by atoms with Crippen LogP contribution < -0.4 is 15.7 Å². The van der Waals surface area contributed by atoms with Gasteiger partial charge in [0.25, 0.3) is 18.1 Å². The Morgan fingerprint density at radius 3 is 2.29 bits per heavy atom. The number of alkyl halides is 5. The van der Waals surface area contributed by atoms with Crippen molar-refractivity contribution in [2.45, 2.75) is 57.5 Å². The number of methoxy groups -OCH3 is 1. The van der Waals surface area contributed by atoms with E-state index in [-0.39, 0.29) is 42.9 Å². The molecular formula is C29H31F6N5O5. The van der Waals surface area contributed by atoms with Gasteiger partial charge in [0.15, 0.2) is 17.4 Å². The van der Waals surface area contributed by atoms with Gasteiger partial charge in [-0.3, -0.25) is 4.79 Å². The molecule has 1 aromatic heterocycles. The molecule has 1 saturated heterocycles. The number of amides is 1. The lowest BCUT2D eigenvalue weighted by Gasteiger charge is -2.31. The van der Waals surface area contributed by atoms with E-state index in [1.54, 1.807) is 12.1 Å². The Hall–Kier alpha value is -4.34. The van der Waals surface area contributed by atoms with Crippen LogP contribution in [-0.4, -0.2) is 76.0 Å². The van der Waals surface area contributed by atoms with Crippen molar-refractivity contribution in [1.29, 1.82) is 0 Å². The molecule has 1 unspecified atom stereocenters. The number of aromatic nitrogens is 3. The first-order valence-corrected chi connectivity index (χ1v) is 13.9. The average Bonchev–Trinajstić information content (AvgIpc) is 3.31. The summed E-state index contributed by atoms with van der Waals surface area (Å²) in [5, 5.41) is 6.55. The van der Waals surface area contributed by atoms with Crippen LogP contribution in [0.25, 0.3) is 17.1 Å². The number of hydrogen-bond acceptors (Lipinski definition) is 7. The number of piperidine rings is 1. The molecule has 10 nitrogen and oxygen atoms in total. The minimum absolute atomic E-state index is 0.0433. The number of nitrogens with one attached hydrogen (secondary N) is 1. The van der Waals surface area contributed by atoms with Gasteiger partial charge >= 0.3 is 17.8 Å². The second kappa shape index (κ2) is 13.3. The van der Waals surface area contributed by atoms with E-state index in [0.29, 0.717) is 17.5 Å². The van der Waals surface area contributed by atoms with E-state index in [2.05, 4.69) is 15.2 Å². The van der Waals surface area contributed by atoms with Crippen molar-refractivity contribution < 1.29 is 45.4 Å². The zero-order valence-electron chi connectivity index (χ0n) is 24.5. The Morgan fingerprint density at radius 2 is 1.71 bits per heavy atom. The molecule has 45 heavy (non-hydrogen) atoms. The molecule has 2 aromatic carbocycles. The van der Waals surface area contributed by atoms with Crippen molar-refractivity contribution in [1.82, 2.24) is 24.6 Å². The first kappa shape index (κ1) is 33.6. The molecule has 0 spiro atoms. The van der Waals surface area contributed by atoms with E-state index >= 15 is 0 Å². The third kappa shape index (κ3) is 8.04. The molecule has 1 atom stereocenters. The van der Waals surface area contributed by atoms with Crippen molar-refractivity contribution in [2.24, 2.45) is 0 Å². The highest BCUT2D eigenvalue weighted by molar-refractivity contribution is 5.84. The number of benzene rings is 2. The number of carbonyl (C=O) groups excluding carboxylic acids is 2. The summed E-state index contributed by atoms with van der Waals surface area (Å²) in [6.45, 7) is 4.05. The fraction of sp³-hybridized carbons (Fsp3) is 0.448. The van der Waals surface area contributed by atoms with Gasteiger partial charge < -0.3 is 19.7 Å². The number of nitrogens with zero attached hydrogens (tertiary/aromatic N) is 4. The molecule has 1 fully saturated rings.